The first-order valence-electron chi connectivity index (χ1n) is 11.9. The van der Waals surface area contributed by atoms with Crippen molar-refractivity contribution in [2.45, 2.75) is 39.7 Å². The number of Topliss-reactive ketones (excluding diaryl/α,β-unsaturated/α-hetero) is 1. The summed E-state index contributed by atoms with van der Waals surface area (Å²) in [5.41, 5.74) is 1.18. The van der Waals surface area contributed by atoms with Gasteiger partial charge >= 0.3 is 0 Å². The highest BCUT2D eigenvalue weighted by atomic mass is 35.5. The normalized spacial score (nSPS) is 17.6. The first-order valence-corrected chi connectivity index (χ1v) is 12.3. The highest BCUT2D eigenvalue weighted by Crippen LogP contribution is 2.40. The lowest BCUT2D eigenvalue weighted by molar-refractivity contribution is -0.140. The summed E-state index contributed by atoms with van der Waals surface area (Å²) in [5.74, 6) is -0.921. The van der Waals surface area contributed by atoms with E-state index in [1.165, 1.54) is 0 Å². The minimum atomic E-state index is -0.723. The number of aliphatic hydroxyl groups is 1. The van der Waals surface area contributed by atoms with Crippen molar-refractivity contribution in [3.8, 4) is 5.75 Å². The quantitative estimate of drug-likeness (QED) is 0.203. The summed E-state index contributed by atoms with van der Waals surface area (Å²) in [6.45, 7) is 9.43. The number of carbonyl (C=O) groups excluding carboxylic acids is 2. The zero-order valence-electron chi connectivity index (χ0n) is 20.1. The molecule has 34 heavy (non-hydrogen) atoms. The lowest BCUT2D eigenvalue weighted by Crippen LogP contribution is -2.38. The number of halogens is 1. The van der Waals surface area contributed by atoms with Crippen molar-refractivity contribution < 1.29 is 19.4 Å². The van der Waals surface area contributed by atoms with Gasteiger partial charge in [0.1, 0.15) is 11.5 Å². The van der Waals surface area contributed by atoms with Crippen molar-refractivity contribution in [2.75, 3.05) is 32.8 Å². The standard InChI is InChI=1S/C27H33ClN2O4/c1-4-7-16-34-22-13-9-11-20(18-22)25(31)23-24(19-10-8-12-21(28)17-19)30(27(33)26(23)32)15-14-29(5-2)6-3/h8-13,17-18,24,31H,4-7,14-16H2,1-3H3/b25-23+. The molecule has 1 amide bonds. The monoisotopic (exact) mass is 484 g/mol. The SMILES string of the molecule is CCCCOc1cccc(/C(O)=C2\C(=O)C(=O)N(CCN(CC)CC)C2c2cccc(Cl)c2)c1. The summed E-state index contributed by atoms with van der Waals surface area (Å²) >= 11 is 6.25. The summed E-state index contributed by atoms with van der Waals surface area (Å²) in [6.07, 6.45) is 1.93. The van der Waals surface area contributed by atoms with Crippen LogP contribution in [0.1, 0.15) is 50.8 Å². The predicted octanol–water partition coefficient (Wildman–Crippen LogP) is 5.28. The second-order valence-electron chi connectivity index (χ2n) is 8.30. The third-order valence-corrected chi connectivity index (χ3v) is 6.37. The molecule has 3 rings (SSSR count). The van der Waals surface area contributed by atoms with Gasteiger partial charge in [0.25, 0.3) is 11.7 Å². The van der Waals surface area contributed by atoms with Crippen LogP contribution in [0.2, 0.25) is 5.02 Å². The molecule has 1 saturated heterocycles. The first-order chi connectivity index (χ1) is 16.4. The smallest absolute Gasteiger partial charge is 0.295 e. The average molecular weight is 485 g/mol. The molecule has 1 fully saturated rings. The van der Waals surface area contributed by atoms with E-state index in [0.29, 0.717) is 41.6 Å². The first kappa shape index (κ1) is 25.8. The van der Waals surface area contributed by atoms with Crippen LogP contribution in [-0.4, -0.2) is 59.4 Å². The minimum absolute atomic E-state index is 0.0671. The van der Waals surface area contributed by atoms with Crippen molar-refractivity contribution in [3.63, 3.8) is 0 Å². The van der Waals surface area contributed by atoms with E-state index in [0.717, 1.165) is 25.9 Å². The summed E-state index contributed by atoms with van der Waals surface area (Å²) in [6, 6.07) is 13.3. The molecule has 0 bridgehead atoms. The Hall–Kier alpha value is -2.83. The number of likely N-dealkylation sites (tertiary alicyclic amines) is 1. The number of rotatable bonds is 11. The van der Waals surface area contributed by atoms with E-state index in [1.807, 2.05) is 12.1 Å². The second-order valence-corrected chi connectivity index (χ2v) is 8.74. The molecule has 1 aliphatic rings. The number of amides is 1. The molecule has 1 aliphatic heterocycles. The molecule has 7 heteroatoms. The van der Waals surface area contributed by atoms with Crippen molar-refractivity contribution >= 4 is 29.1 Å². The number of ether oxygens (including phenoxy) is 1. The van der Waals surface area contributed by atoms with Gasteiger partial charge < -0.3 is 19.6 Å². The molecule has 0 spiro atoms. The molecule has 6 nitrogen and oxygen atoms in total. The maximum atomic E-state index is 13.2. The number of likely N-dealkylation sites (N-methyl/N-ethyl adjacent to an activating group) is 1. The Morgan fingerprint density at radius 2 is 1.82 bits per heavy atom. The predicted molar refractivity (Wildman–Crippen MR) is 135 cm³/mol. The van der Waals surface area contributed by atoms with Crippen LogP contribution in [0.5, 0.6) is 5.75 Å². The van der Waals surface area contributed by atoms with Gasteiger partial charge in [-0.05, 0) is 49.3 Å². The largest absolute Gasteiger partial charge is 0.507 e. The number of hydrogen-bond acceptors (Lipinski definition) is 5. The second kappa shape index (κ2) is 12.0. The minimum Gasteiger partial charge on any atom is -0.507 e. The molecule has 182 valence electrons. The molecule has 1 N–H and O–H groups in total. The van der Waals surface area contributed by atoms with Gasteiger partial charge in [-0.3, -0.25) is 9.59 Å². The topological polar surface area (TPSA) is 70.1 Å². The summed E-state index contributed by atoms with van der Waals surface area (Å²) < 4.78 is 5.77. The summed E-state index contributed by atoms with van der Waals surface area (Å²) in [5, 5.41) is 11.8. The van der Waals surface area contributed by atoms with Crippen LogP contribution in [0.3, 0.4) is 0 Å². The molecule has 0 radical (unpaired) electrons. The number of hydrogen-bond donors (Lipinski definition) is 1. The summed E-state index contributed by atoms with van der Waals surface area (Å²) in [4.78, 5) is 30.0. The Morgan fingerprint density at radius 3 is 2.50 bits per heavy atom. The van der Waals surface area contributed by atoms with Crippen molar-refractivity contribution in [1.29, 1.82) is 0 Å². The van der Waals surface area contributed by atoms with E-state index in [-0.39, 0.29) is 11.3 Å². The lowest BCUT2D eigenvalue weighted by Gasteiger charge is -2.28. The lowest BCUT2D eigenvalue weighted by atomic mass is 9.95. The highest BCUT2D eigenvalue weighted by molar-refractivity contribution is 6.46. The number of aliphatic hydroxyl groups excluding tert-OH is 1. The van der Waals surface area contributed by atoms with E-state index < -0.39 is 17.7 Å². The van der Waals surface area contributed by atoms with Crippen LogP contribution >= 0.6 is 11.6 Å². The number of unbranched alkanes of at least 4 members (excludes halogenated alkanes) is 1. The molecule has 2 aromatic rings. The van der Waals surface area contributed by atoms with Crippen LogP contribution in [0.25, 0.3) is 5.76 Å². The third-order valence-electron chi connectivity index (χ3n) is 6.13. The van der Waals surface area contributed by atoms with E-state index in [2.05, 4.69) is 25.7 Å². The zero-order chi connectivity index (χ0) is 24.7. The number of benzene rings is 2. The van der Waals surface area contributed by atoms with Gasteiger partial charge in [0.15, 0.2) is 0 Å². The molecule has 0 saturated carbocycles. The van der Waals surface area contributed by atoms with E-state index >= 15 is 0 Å². The molecule has 1 heterocycles. The van der Waals surface area contributed by atoms with E-state index in [9.17, 15) is 14.7 Å². The van der Waals surface area contributed by atoms with Crippen LogP contribution < -0.4 is 4.74 Å². The fraction of sp³-hybridized carbons (Fsp3) is 0.407. The van der Waals surface area contributed by atoms with Gasteiger partial charge in [0.2, 0.25) is 0 Å². The fourth-order valence-electron chi connectivity index (χ4n) is 4.15. The van der Waals surface area contributed by atoms with Gasteiger partial charge in [0.05, 0.1) is 18.2 Å². The third kappa shape index (κ3) is 5.80. The Morgan fingerprint density at radius 1 is 1.09 bits per heavy atom. The van der Waals surface area contributed by atoms with E-state index in [1.54, 1.807) is 41.3 Å². The van der Waals surface area contributed by atoms with Crippen molar-refractivity contribution in [3.05, 3.63) is 70.3 Å². The van der Waals surface area contributed by atoms with Gasteiger partial charge in [-0.1, -0.05) is 63.1 Å². The van der Waals surface area contributed by atoms with Crippen LogP contribution in [0.4, 0.5) is 0 Å². The molecular weight excluding hydrogens is 452 g/mol. The Kier molecular flexibility index (Phi) is 9.13. The molecule has 0 aliphatic carbocycles. The Bertz CT molecular complexity index is 1050. The molecule has 1 atom stereocenters. The van der Waals surface area contributed by atoms with Crippen molar-refractivity contribution in [2.24, 2.45) is 0 Å². The molecule has 2 aromatic carbocycles. The van der Waals surface area contributed by atoms with Crippen LogP contribution in [0, 0.1) is 0 Å². The molecular formula is C27H33ClN2O4. The summed E-state index contributed by atoms with van der Waals surface area (Å²) in [7, 11) is 0. The van der Waals surface area contributed by atoms with Gasteiger partial charge in [-0.25, -0.2) is 0 Å². The Labute approximate surface area is 206 Å². The van der Waals surface area contributed by atoms with Crippen molar-refractivity contribution in [1.82, 2.24) is 9.80 Å². The number of carbonyl (C=O) groups is 2. The van der Waals surface area contributed by atoms with Crippen LogP contribution in [0.15, 0.2) is 54.1 Å². The van der Waals surface area contributed by atoms with Gasteiger partial charge in [0, 0.05) is 23.7 Å². The molecule has 0 aromatic heterocycles. The highest BCUT2D eigenvalue weighted by Gasteiger charge is 2.46. The van der Waals surface area contributed by atoms with E-state index in [4.69, 9.17) is 16.3 Å². The van der Waals surface area contributed by atoms with Crippen LogP contribution in [-0.2, 0) is 9.59 Å². The average Bonchev–Trinajstić information content (AvgIpc) is 3.09. The molecule has 1 unspecified atom stereocenters. The van der Waals surface area contributed by atoms with Gasteiger partial charge in [-0.15, -0.1) is 0 Å². The fourth-order valence-corrected chi connectivity index (χ4v) is 4.34. The van der Waals surface area contributed by atoms with Gasteiger partial charge in [-0.2, -0.15) is 0 Å². The maximum absolute atomic E-state index is 13.2. The maximum Gasteiger partial charge on any atom is 0.295 e. The number of nitrogens with zero attached hydrogens (tertiary/aromatic N) is 2. The number of ketones is 1. The zero-order valence-corrected chi connectivity index (χ0v) is 20.8. The Balaban J connectivity index is 2.04.